The Labute approximate surface area is 215 Å². The molecule has 0 saturated carbocycles. The molecule has 1 amide bonds. The van der Waals surface area contributed by atoms with Gasteiger partial charge in [0.15, 0.2) is 0 Å². The van der Waals surface area contributed by atoms with Crippen LogP contribution in [0.25, 0.3) is 10.9 Å². The molecule has 6 heteroatoms. The molecule has 3 atom stereocenters. The second kappa shape index (κ2) is 11.1. The number of piperidine rings is 1. The highest BCUT2D eigenvalue weighted by Crippen LogP contribution is 2.45. The Hall–Kier alpha value is -2.37. The fourth-order valence-electron chi connectivity index (χ4n) is 6.22. The minimum absolute atomic E-state index is 0. The van der Waals surface area contributed by atoms with E-state index in [0.29, 0.717) is 18.0 Å². The molecule has 0 radical (unpaired) electrons. The standard InChI is InChI=1S/C29H38N4O.ClH/c1-20(2)33-19-22-16-27-25(24-11-7-12-26(33)28(22)24)15-23(18-32(27)3)29(34)31-14-6-4-5-9-21-10-8-13-30-17-21;/h7-8,10-13,17,19-20,23,25,27H,4-6,9,14-16,18H2,1-3H3,(H,31,34);1H/t23?,25-,27-;/m1./s1. The number of hydrogen-bond donors (Lipinski definition) is 1. The molecule has 3 heterocycles. The molecule has 3 aromatic rings. The molecular weight excluding hydrogens is 456 g/mol. The maximum atomic E-state index is 13.1. The quantitative estimate of drug-likeness (QED) is 0.419. The second-order valence-electron chi connectivity index (χ2n) is 10.6. The van der Waals surface area contributed by atoms with Gasteiger partial charge in [-0.1, -0.05) is 24.6 Å². The molecule has 2 aromatic heterocycles. The van der Waals surface area contributed by atoms with E-state index in [-0.39, 0.29) is 24.2 Å². The zero-order chi connectivity index (χ0) is 23.7. The second-order valence-corrected chi connectivity index (χ2v) is 10.6. The Kier molecular flexibility index (Phi) is 8.18. The number of nitrogens with one attached hydrogen (secondary N) is 1. The molecular formula is C29H39ClN4O. The van der Waals surface area contributed by atoms with E-state index in [1.54, 1.807) is 0 Å². The van der Waals surface area contributed by atoms with Crippen LogP contribution in [0, 0.1) is 5.92 Å². The number of carbonyl (C=O) groups is 1. The fraction of sp³-hybridized carbons (Fsp3) is 0.517. The van der Waals surface area contributed by atoms with Gasteiger partial charge in [-0.3, -0.25) is 9.78 Å². The van der Waals surface area contributed by atoms with Crippen molar-refractivity contribution < 1.29 is 4.79 Å². The summed E-state index contributed by atoms with van der Waals surface area (Å²) in [6.07, 6.45) is 12.5. The van der Waals surface area contributed by atoms with E-state index in [1.165, 1.54) is 27.6 Å². The van der Waals surface area contributed by atoms with Crippen molar-refractivity contribution in [2.45, 2.75) is 70.4 Å². The number of pyridine rings is 1. The molecule has 1 aliphatic heterocycles. The van der Waals surface area contributed by atoms with Crippen LogP contribution in [0.4, 0.5) is 0 Å². The molecule has 2 aliphatic rings. The fourth-order valence-corrected chi connectivity index (χ4v) is 6.22. The first kappa shape index (κ1) is 25.7. The van der Waals surface area contributed by atoms with E-state index >= 15 is 0 Å². The summed E-state index contributed by atoms with van der Waals surface area (Å²) < 4.78 is 2.42. The van der Waals surface area contributed by atoms with Crippen molar-refractivity contribution in [2.24, 2.45) is 5.92 Å². The van der Waals surface area contributed by atoms with Crippen LogP contribution in [-0.4, -0.2) is 46.5 Å². The number of rotatable bonds is 8. The van der Waals surface area contributed by atoms with Crippen molar-refractivity contribution in [2.75, 3.05) is 20.1 Å². The molecule has 1 fully saturated rings. The first-order valence-electron chi connectivity index (χ1n) is 13.0. The number of amides is 1. The van der Waals surface area contributed by atoms with Crippen molar-refractivity contribution in [3.05, 3.63) is 65.6 Å². The van der Waals surface area contributed by atoms with Gasteiger partial charge in [0.1, 0.15) is 0 Å². The molecule has 1 N–H and O–H groups in total. The van der Waals surface area contributed by atoms with Crippen molar-refractivity contribution in [3.63, 3.8) is 0 Å². The van der Waals surface area contributed by atoms with Crippen LogP contribution in [0.1, 0.15) is 68.2 Å². The third-order valence-electron chi connectivity index (χ3n) is 7.97. The maximum absolute atomic E-state index is 13.1. The smallest absolute Gasteiger partial charge is 0.224 e. The van der Waals surface area contributed by atoms with Gasteiger partial charge in [-0.2, -0.15) is 0 Å². The van der Waals surface area contributed by atoms with E-state index in [4.69, 9.17) is 0 Å². The number of unbranched alkanes of at least 4 members (excludes halogenated alkanes) is 2. The summed E-state index contributed by atoms with van der Waals surface area (Å²) in [7, 11) is 2.21. The molecule has 188 valence electrons. The summed E-state index contributed by atoms with van der Waals surface area (Å²) >= 11 is 0. The molecule has 1 aromatic carbocycles. The first-order valence-corrected chi connectivity index (χ1v) is 13.0. The van der Waals surface area contributed by atoms with Crippen LogP contribution in [0.15, 0.2) is 48.9 Å². The Morgan fingerprint density at radius 3 is 2.80 bits per heavy atom. The molecule has 35 heavy (non-hydrogen) atoms. The lowest BCUT2D eigenvalue weighted by atomic mass is 9.72. The van der Waals surface area contributed by atoms with Crippen LogP contribution < -0.4 is 5.32 Å². The molecule has 0 bridgehead atoms. The lowest BCUT2D eigenvalue weighted by molar-refractivity contribution is -0.127. The SMILES string of the molecule is CC(C)n1cc2c3c(cccc31)[C@H]1CC(C(=O)NCCCCCc3cccnc3)CN(C)[C@@H]1C2.Cl. The van der Waals surface area contributed by atoms with Crippen molar-refractivity contribution in [1.82, 2.24) is 19.8 Å². The monoisotopic (exact) mass is 494 g/mol. The van der Waals surface area contributed by atoms with E-state index in [2.05, 4.69) is 71.1 Å². The zero-order valence-electron chi connectivity index (χ0n) is 21.2. The molecule has 1 aliphatic carbocycles. The first-order chi connectivity index (χ1) is 16.5. The van der Waals surface area contributed by atoms with Gasteiger partial charge in [0, 0.05) is 60.6 Å². The highest BCUT2D eigenvalue weighted by Gasteiger charge is 2.41. The summed E-state index contributed by atoms with van der Waals surface area (Å²) in [5.74, 6) is 0.717. The summed E-state index contributed by atoms with van der Waals surface area (Å²) in [5.41, 5.74) is 5.56. The van der Waals surface area contributed by atoms with Gasteiger partial charge < -0.3 is 14.8 Å². The van der Waals surface area contributed by atoms with Crippen molar-refractivity contribution in [1.29, 1.82) is 0 Å². The third-order valence-corrected chi connectivity index (χ3v) is 7.97. The maximum Gasteiger partial charge on any atom is 0.224 e. The summed E-state index contributed by atoms with van der Waals surface area (Å²) in [5, 5.41) is 4.69. The number of benzene rings is 1. The van der Waals surface area contributed by atoms with Gasteiger partial charge in [-0.15, -0.1) is 12.4 Å². The number of aromatic nitrogens is 2. The normalized spacial score (nSPS) is 21.5. The minimum Gasteiger partial charge on any atom is -0.356 e. The minimum atomic E-state index is 0. The lowest BCUT2D eigenvalue weighted by Gasteiger charge is -2.45. The highest BCUT2D eigenvalue weighted by atomic mass is 35.5. The number of carbonyl (C=O) groups excluding carboxylic acids is 1. The molecule has 5 nitrogen and oxygen atoms in total. The van der Waals surface area contributed by atoms with E-state index in [0.717, 1.165) is 51.6 Å². The molecule has 5 rings (SSSR count). The van der Waals surface area contributed by atoms with E-state index in [1.807, 2.05) is 18.5 Å². The van der Waals surface area contributed by atoms with Crippen LogP contribution >= 0.6 is 12.4 Å². The molecule has 1 unspecified atom stereocenters. The Bertz CT molecular complexity index is 1140. The predicted molar refractivity (Wildman–Crippen MR) is 145 cm³/mol. The molecule has 0 spiro atoms. The van der Waals surface area contributed by atoms with E-state index in [9.17, 15) is 4.79 Å². The van der Waals surface area contributed by atoms with Gasteiger partial charge in [0.05, 0.1) is 5.92 Å². The highest BCUT2D eigenvalue weighted by molar-refractivity contribution is 5.89. The number of aryl methyl sites for hydroxylation is 1. The number of likely N-dealkylation sites (N-methyl/N-ethyl adjacent to an activating group) is 1. The van der Waals surface area contributed by atoms with Crippen LogP contribution in [0.3, 0.4) is 0 Å². The topological polar surface area (TPSA) is 50.2 Å². The van der Waals surface area contributed by atoms with Crippen LogP contribution in [0.5, 0.6) is 0 Å². The Balaban J connectivity index is 0.00000289. The van der Waals surface area contributed by atoms with Gasteiger partial charge >= 0.3 is 0 Å². The lowest BCUT2D eigenvalue weighted by Crippen LogP contribution is -2.51. The predicted octanol–water partition coefficient (Wildman–Crippen LogP) is 5.53. The Morgan fingerprint density at radius 1 is 1.17 bits per heavy atom. The number of fused-ring (bicyclic) bond motifs is 2. The van der Waals surface area contributed by atoms with Gasteiger partial charge in [0.2, 0.25) is 5.91 Å². The zero-order valence-corrected chi connectivity index (χ0v) is 22.1. The average molecular weight is 495 g/mol. The van der Waals surface area contributed by atoms with Gasteiger partial charge in [-0.05, 0) is 81.8 Å². The van der Waals surface area contributed by atoms with Gasteiger partial charge in [-0.25, -0.2) is 0 Å². The number of halogens is 1. The van der Waals surface area contributed by atoms with E-state index < -0.39 is 0 Å². The van der Waals surface area contributed by atoms with Crippen LogP contribution in [-0.2, 0) is 17.6 Å². The third kappa shape index (κ3) is 5.26. The summed E-state index contributed by atoms with van der Waals surface area (Å²) in [4.78, 5) is 19.7. The van der Waals surface area contributed by atoms with Gasteiger partial charge in [0.25, 0.3) is 0 Å². The summed E-state index contributed by atoms with van der Waals surface area (Å²) in [6.45, 7) is 6.14. The number of likely N-dealkylation sites (tertiary alicyclic amines) is 1. The largest absolute Gasteiger partial charge is 0.356 e. The summed E-state index contributed by atoms with van der Waals surface area (Å²) in [6, 6.07) is 11.8. The number of hydrogen-bond acceptors (Lipinski definition) is 3. The van der Waals surface area contributed by atoms with Crippen molar-refractivity contribution >= 4 is 29.2 Å². The molecule has 1 saturated heterocycles. The van der Waals surface area contributed by atoms with Crippen molar-refractivity contribution in [3.8, 4) is 0 Å². The number of nitrogens with zero attached hydrogens (tertiary/aromatic N) is 3. The Morgan fingerprint density at radius 2 is 2.03 bits per heavy atom. The van der Waals surface area contributed by atoms with Crippen LogP contribution in [0.2, 0.25) is 0 Å². The average Bonchev–Trinajstić information content (AvgIpc) is 3.22.